The molecule has 1 aromatic rings. The largest absolute Gasteiger partial charge is 0.463 e. The molecule has 3 aliphatic heterocycles. The van der Waals surface area contributed by atoms with E-state index in [1.807, 2.05) is 24.2 Å². The molecule has 7 heteroatoms. The summed E-state index contributed by atoms with van der Waals surface area (Å²) in [5.74, 6) is 0.457. The lowest BCUT2D eigenvalue weighted by atomic mass is 9.90. The Bertz CT molecular complexity index is 1050. The Morgan fingerprint density at radius 3 is 2.58 bits per heavy atom. The molecule has 0 radical (unpaired) electrons. The van der Waals surface area contributed by atoms with Crippen LogP contribution in [-0.2, 0) is 14.3 Å². The Morgan fingerprint density at radius 2 is 1.91 bits per heavy atom. The molecule has 1 saturated heterocycles. The topological polar surface area (TPSA) is 62.2 Å². The fraction of sp³-hybridized carbons (Fsp3) is 0.500. The van der Waals surface area contributed by atoms with Crippen LogP contribution in [0.4, 0.5) is 0 Å². The van der Waals surface area contributed by atoms with Crippen molar-refractivity contribution >= 4 is 28.8 Å². The Hall–Kier alpha value is -2.54. The summed E-state index contributed by atoms with van der Waals surface area (Å²) in [5, 5.41) is 2.82. The number of allylic oxidation sites excluding steroid dienone is 1. The molecule has 176 valence electrons. The molecule has 0 N–H and O–H groups in total. The van der Waals surface area contributed by atoms with Crippen LogP contribution in [0.2, 0.25) is 0 Å². The molecule has 0 aromatic heterocycles. The molecule has 1 fully saturated rings. The minimum absolute atomic E-state index is 0.137. The van der Waals surface area contributed by atoms with Crippen LogP contribution in [0.25, 0.3) is 0 Å². The fourth-order valence-electron chi connectivity index (χ4n) is 4.79. The second kappa shape index (κ2) is 9.75. The molecule has 6 nitrogen and oxygen atoms in total. The number of aryl methyl sites for hydroxylation is 2. The van der Waals surface area contributed by atoms with E-state index in [9.17, 15) is 9.59 Å². The second-order valence-electron chi connectivity index (χ2n) is 9.21. The van der Waals surface area contributed by atoms with Gasteiger partial charge in [0.05, 0.1) is 30.3 Å². The maximum atomic E-state index is 13.2. The number of hydrogen-bond acceptors (Lipinski definition) is 6. The van der Waals surface area contributed by atoms with Crippen molar-refractivity contribution in [3.8, 4) is 0 Å². The summed E-state index contributed by atoms with van der Waals surface area (Å²) in [6, 6.07) is 5.91. The van der Waals surface area contributed by atoms with Gasteiger partial charge in [-0.2, -0.15) is 0 Å². The van der Waals surface area contributed by atoms with Crippen LogP contribution in [0, 0.1) is 19.8 Å². The Labute approximate surface area is 200 Å². The molecule has 0 saturated carbocycles. The van der Waals surface area contributed by atoms with Gasteiger partial charge in [0.2, 0.25) is 5.91 Å². The third-order valence-electron chi connectivity index (χ3n) is 6.68. The zero-order valence-corrected chi connectivity index (χ0v) is 21.0. The highest BCUT2D eigenvalue weighted by molar-refractivity contribution is 8.16. The summed E-state index contributed by atoms with van der Waals surface area (Å²) in [6.07, 6.45) is 2.41. The number of rotatable bonds is 5. The van der Waals surface area contributed by atoms with Crippen LogP contribution >= 0.6 is 11.8 Å². The average molecular weight is 468 g/mol. The summed E-state index contributed by atoms with van der Waals surface area (Å²) < 4.78 is 5.44. The number of nitrogens with zero attached hydrogens (tertiary/aromatic N) is 3. The van der Waals surface area contributed by atoms with Gasteiger partial charge in [0, 0.05) is 18.8 Å². The van der Waals surface area contributed by atoms with Crippen LogP contribution in [0.15, 0.2) is 45.6 Å². The number of amidine groups is 1. The predicted molar refractivity (Wildman–Crippen MR) is 133 cm³/mol. The van der Waals surface area contributed by atoms with Crippen molar-refractivity contribution in [1.29, 1.82) is 0 Å². The lowest BCUT2D eigenvalue weighted by Gasteiger charge is -2.37. The van der Waals surface area contributed by atoms with Crippen molar-refractivity contribution < 1.29 is 14.3 Å². The summed E-state index contributed by atoms with van der Waals surface area (Å²) in [4.78, 5) is 35.1. The van der Waals surface area contributed by atoms with E-state index >= 15 is 0 Å². The number of thioether (sulfide) groups is 1. The highest BCUT2D eigenvalue weighted by Gasteiger charge is 2.42. The molecule has 3 aliphatic rings. The molecule has 0 spiro atoms. The van der Waals surface area contributed by atoms with Gasteiger partial charge in [-0.1, -0.05) is 42.4 Å². The van der Waals surface area contributed by atoms with Crippen LogP contribution < -0.4 is 0 Å². The fourth-order valence-corrected chi connectivity index (χ4v) is 5.76. The van der Waals surface area contributed by atoms with E-state index in [4.69, 9.17) is 9.73 Å². The molecule has 33 heavy (non-hydrogen) atoms. The van der Waals surface area contributed by atoms with E-state index in [-0.39, 0.29) is 17.9 Å². The Morgan fingerprint density at radius 1 is 1.18 bits per heavy atom. The molecular formula is C26H33N3O3S. The number of aliphatic imine (C=N–C) groups is 1. The molecule has 1 amide bonds. The minimum Gasteiger partial charge on any atom is -0.463 e. The van der Waals surface area contributed by atoms with E-state index in [2.05, 4.69) is 43.9 Å². The summed E-state index contributed by atoms with van der Waals surface area (Å²) in [7, 11) is 0. The van der Waals surface area contributed by atoms with E-state index in [1.165, 1.54) is 17.3 Å². The third-order valence-corrected chi connectivity index (χ3v) is 7.57. The van der Waals surface area contributed by atoms with Crippen molar-refractivity contribution in [1.82, 2.24) is 9.80 Å². The van der Waals surface area contributed by atoms with Gasteiger partial charge in [0.15, 0.2) is 5.17 Å². The highest BCUT2D eigenvalue weighted by atomic mass is 32.2. The lowest BCUT2D eigenvalue weighted by Crippen LogP contribution is -2.41. The van der Waals surface area contributed by atoms with Crippen molar-refractivity contribution in [3.05, 3.63) is 57.3 Å². The Kier molecular flexibility index (Phi) is 6.98. The molecular weight excluding hydrogens is 434 g/mol. The molecule has 0 unspecified atom stereocenters. The monoisotopic (exact) mass is 467 g/mol. The first kappa shape index (κ1) is 23.6. The molecule has 3 heterocycles. The minimum atomic E-state index is -0.368. The van der Waals surface area contributed by atoms with Gasteiger partial charge in [-0.05, 0) is 63.0 Å². The molecule has 0 bridgehead atoms. The summed E-state index contributed by atoms with van der Waals surface area (Å²) in [6.45, 7) is 12.0. The van der Waals surface area contributed by atoms with Gasteiger partial charge in [0.1, 0.15) is 0 Å². The van der Waals surface area contributed by atoms with E-state index in [0.717, 1.165) is 47.9 Å². The molecule has 4 rings (SSSR count). The zero-order chi connectivity index (χ0) is 23.7. The molecule has 1 aromatic carbocycles. The van der Waals surface area contributed by atoms with Crippen LogP contribution in [0.5, 0.6) is 0 Å². The van der Waals surface area contributed by atoms with Gasteiger partial charge >= 0.3 is 5.97 Å². The maximum Gasteiger partial charge on any atom is 0.338 e. The van der Waals surface area contributed by atoms with Crippen LogP contribution in [0.3, 0.4) is 0 Å². The molecule has 1 atom stereocenters. The second-order valence-corrected chi connectivity index (χ2v) is 10.1. The number of likely N-dealkylation sites (tertiary alicyclic amines) is 1. The number of piperidine rings is 1. The normalized spacial score (nSPS) is 21.1. The van der Waals surface area contributed by atoms with Crippen molar-refractivity contribution in [2.45, 2.75) is 59.9 Å². The van der Waals surface area contributed by atoms with E-state index < -0.39 is 0 Å². The zero-order valence-electron chi connectivity index (χ0n) is 20.2. The predicted octanol–water partition coefficient (Wildman–Crippen LogP) is 5.09. The van der Waals surface area contributed by atoms with Crippen molar-refractivity contribution in [3.63, 3.8) is 0 Å². The van der Waals surface area contributed by atoms with Gasteiger partial charge in [-0.3, -0.25) is 4.79 Å². The van der Waals surface area contributed by atoms with Crippen LogP contribution in [0.1, 0.15) is 62.8 Å². The van der Waals surface area contributed by atoms with Gasteiger partial charge in [-0.25, -0.2) is 9.79 Å². The van der Waals surface area contributed by atoms with Gasteiger partial charge in [0.25, 0.3) is 0 Å². The first-order chi connectivity index (χ1) is 15.8. The number of carbonyl (C=O) groups excluding carboxylic acids is 2. The molecule has 0 aliphatic carbocycles. The number of benzene rings is 1. The van der Waals surface area contributed by atoms with Gasteiger partial charge in [-0.15, -0.1) is 0 Å². The SMILES string of the molecule is CCOC(=O)C1=C(C)N=C2SC=C(CC(=O)N3CCC(C)CC3)N2[C@@H]1c1ccc(C)cc1C. The maximum absolute atomic E-state index is 13.2. The number of hydrogen-bond donors (Lipinski definition) is 0. The Balaban J connectivity index is 1.69. The van der Waals surface area contributed by atoms with E-state index in [1.54, 1.807) is 0 Å². The van der Waals surface area contributed by atoms with Gasteiger partial charge < -0.3 is 14.5 Å². The highest BCUT2D eigenvalue weighted by Crippen LogP contribution is 2.45. The average Bonchev–Trinajstić information content (AvgIpc) is 3.15. The number of amides is 1. The standard InChI is InChI=1S/C26H33N3O3S/c1-6-32-25(31)23-19(5)27-26-29(24(23)21-8-7-17(3)13-18(21)4)20(15-33-26)14-22(30)28-11-9-16(2)10-12-28/h7-8,13,15-16,24H,6,9-12,14H2,1-5H3/t24-/m1/s1. The first-order valence-corrected chi connectivity index (χ1v) is 12.6. The summed E-state index contributed by atoms with van der Waals surface area (Å²) >= 11 is 1.52. The quantitative estimate of drug-likeness (QED) is 0.565. The number of fused-ring (bicyclic) bond motifs is 1. The third kappa shape index (κ3) is 4.74. The van der Waals surface area contributed by atoms with Crippen LogP contribution in [-0.4, -0.2) is 46.5 Å². The smallest absolute Gasteiger partial charge is 0.338 e. The van der Waals surface area contributed by atoms with Crippen molar-refractivity contribution in [2.75, 3.05) is 19.7 Å². The summed E-state index contributed by atoms with van der Waals surface area (Å²) in [5.41, 5.74) is 5.40. The number of carbonyl (C=O) groups is 2. The van der Waals surface area contributed by atoms with E-state index in [0.29, 0.717) is 30.2 Å². The number of ether oxygens (including phenoxy) is 1. The first-order valence-electron chi connectivity index (χ1n) is 11.8. The van der Waals surface area contributed by atoms with Crippen molar-refractivity contribution in [2.24, 2.45) is 10.9 Å². The lowest BCUT2D eigenvalue weighted by molar-refractivity contribution is -0.139. The number of esters is 1.